The zero-order valence-corrected chi connectivity index (χ0v) is 19.1. The second-order valence-corrected chi connectivity index (χ2v) is 9.43. The fraction of sp³-hybridized carbons (Fsp3) is 0.583. The fourth-order valence-corrected chi connectivity index (χ4v) is 5.02. The normalized spacial score (nSPS) is 23.2. The van der Waals surface area contributed by atoms with Gasteiger partial charge >= 0.3 is 0 Å². The molecular weight excluding hydrogens is 426 g/mol. The summed E-state index contributed by atoms with van der Waals surface area (Å²) >= 11 is 3.50. The van der Waals surface area contributed by atoms with E-state index in [-0.39, 0.29) is 0 Å². The molecule has 0 bridgehead atoms. The van der Waals surface area contributed by atoms with Crippen LogP contribution in [0.1, 0.15) is 50.7 Å². The molecule has 2 heterocycles. The number of benzene rings is 1. The van der Waals surface area contributed by atoms with Crippen molar-refractivity contribution in [2.75, 3.05) is 18.0 Å². The monoisotopic (exact) mass is 457 g/mol. The first-order chi connectivity index (χ1) is 14.2. The van der Waals surface area contributed by atoms with Gasteiger partial charge in [0, 0.05) is 30.0 Å². The number of aryl methyl sites for hydroxylation is 1. The third-order valence-corrected chi connectivity index (χ3v) is 7.20. The summed E-state index contributed by atoms with van der Waals surface area (Å²) in [6.07, 6.45) is 10.3. The number of piperidine rings is 1. The molecule has 1 saturated heterocycles. The van der Waals surface area contributed by atoms with Gasteiger partial charge in [-0.1, -0.05) is 41.9 Å². The van der Waals surface area contributed by atoms with Gasteiger partial charge in [-0.05, 0) is 73.1 Å². The van der Waals surface area contributed by atoms with Crippen LogP contribution < -0.4 is 4.90 Å². The minimum absolute atomic E-state index is 0.395. The standard InChI is InChI=1S/C24H32BrN3O/c1-3-17-14-26-24(27-15-17)28-11-9-19(10-12-28)21-13-22(21)23(4-2)29-16-18-5-7-20(25)8-6-18/h5-8,14-15,19,21-23H,3-4,9-13,16H2,1-2H3/t21-,22-,23+/m1/s1. The number of rotatable bonds is 8. The Hall–Kier alpha value is -1.46. The molecule has 5 heteroatoms. The van der Waals surface area contributed by atoms with Crippen LogP contribution in [-0.2, 0) is 17.8 Å². The summed E-state index contributed by atoms with van der Waals surface area (Å²) in [6, 6.07) is 8.47. The lowest BCUT2D eigenvalue weighted by molar-refractivity contribution is 0.0173. The smallest absolute Gasteiger partial charge is 0.225 e. The number of hydrogen-bond acceptors (Lipinski definition) is 4. The Morgan fingerprint density at radius 1 is 1.07 bits per heavy atom. The molecule has 1 saturated carbocycles. The van der Waals surface area contributed by atoms with E-state index in [0.717, 1.165) is 60.7 Å². The molecule has 1 aromatic heterocycles. The number of anilines is 1. The molecule has 1 aliphatic heterocycles. The van der Waals surface area contributed by atoms with Crippen molar-refractivity contribution in [3.63, 3.8) is 0 Å². The van der Waals surface area contributed by atoms with Crippen molar-refractivity contribution < 1.29 is 4.74 Å². The minimum atomic E-state index is 0.395. The van der Waals surface area contributed by atoms with Crippen molar-refractivity contribution in [2.45, 2.75) is 58.7 Å². The molecule has 0 radical (unpaired) electrons. The van der Waals surface area contributed by atoms with Gasteiger partial charge in [-0.3, -0.25) is 0 Å². The molecule has 0 unspecified atom stereocenters. The Morgan fingerprint density at radius 2 is 1.76 bits per heavy atom. The van der Waals surface area contributed by atoms with Crippen LogP contribution in [0.25, 0.3) is 0 Å². The van der Waals surface area contributed by atoms with Crippen molar-refractivity contribution in [1.82, 2.24) is 9.97 Å². The Kier molecular flexibility index (Phi) is 6.86. The van der Waals surface area contributed by atoms with Crippen LogP contribution in [0.4, 0.5) is 5.95 Å². The zero-order valence-electron chi connectivity index (χ0n) is 17.6. The first-order valence-electron chi connectivity index (χ1n) is 11.1. The van der Waals surface area contributed by atoms with E-state index in [1.54, 1.807) is 0 Å². The van der Waals surface area contributed by atoms with E-state index >= 15 is 0 Å². The highest BCUT2D eigenvalue weighted by Crippen LogP contribution is 2.51. The Balaban J connectivity index is 1.24. The van der Waals surface area contributed by atoms with Crippen LogP contribution in [-0.4, -0.2) is 29.2 Å². The summed E-state index contributed by atoms with van der Waals surface area (Å²) < 4.78 is 7.45. The molecule has 4 rings (SSSR count). The summed E-state index contributed by atoms with van der Waals surface area (Å²) in [5.41, 5.74) is 2.46. The first-order valence-corrected chi connectivity index (χ1v) is 11.9. The van der Waals surface area contributed by atoms with E-state index in [2.05, 4.69) is 68.9 Å². The van der Waals surface area contributed by atoms with Gasteiger partial charge in [0.25, 0.3) is 0 Å². The molecule has 0 N–H and O–H groups in total. The van der Waals surface area contributed by atoms with Gasteiger partial charge in [0.1, 0.15) is 0 Å². The molecule has 2 fully saturated rings. The van der Waals surface area contributed by atoms with Gasteiger partial charge in [-0.2, -0.15) is 0 Å². The van der Waals surface area contributed by atoms with Crippen LogP contribution in [0.2, 0.25) is 0 Å². The van der Waals surface area contributed by atoms with Crippen molar-refractivity contribution in [1.29, 1.82) is 0 Å². The molecule has 1 aliphatic carbocycles. The third kappa shape index (κ3) is 5.18. The summed E-state index contributed by atoms with van der Waals surface area (Å²) in [5, 5.41) is 0. The second kappa shape index (κ2) is 9.57. The number of halogens is 1. The number of hydrogen-bond donors (Lipinski definition) is 0. The summed E-state index contributed by atoms with van der Waals surface area (Å²) in [6.45, 7) is 7.29. The highest BCUT2D eigenvalue weighted by Gasteiger charge is 2.47. The minimum Gasteiger partial charge on any atom is -0.373 e. The van der Waals surface area contributed by atoms with Gasteiger partial charge in [-0.25, -0.2) is 9.97 Å². The lowest BCUT2D eigenvalue weighted by Gasteiger charge is -2.32. The molecule has 3 atom stereocenters. The lowest BCUT2D eigenvalue weighted by atomic mass is 9.90. The van der Waals surface area contributed by atoms with Crippen molar-refractivity contribution in [3.05, 3.63) is 52.3 Å². The maximum Gasteiger partial charge on any atom is 0.225 e. The Morgan fingerprint density at radius 3 is 2.38 bits per heavy atom. The fourth-order valence-electron chi connectivity index (χ4n) is 4.75. The topological polar surface area (TPSA) is 38.2 Å². The highest BCUT2D eigenvalue weighted by molar-refractivity contribution is 9.10. The number of ether oxygens (including phenoxy) is 1. The van der Waals surface area contributed by atoms with Crippen molar-refractivity contribution in [3.8, 4) is 0 Å². The van der Waals surface area contributed by atoms with Gasteiger partial charge in [0.05, 0.1) is 12.7 Å². The third-order valence-electron chi connectivity index (χ3n) is 6.68. The van der Waals surface area contributed by atoms with Gasteiger partial charge in [0.15, 0.2) is 0 Å². The summed E-state index contributed by atoms with van der Waals surface area (Å²) in [4.78, 5) is 11.5. The van der Waals surface area contributed by atoms with Crippen LogP contribution in [0, 0.1) is 17.8 Å². The average Bonchev–Trinajstić information content (AvgIpc) is 3.56. The largest absolute Gasteiger partial charge is 0.373 e. The Bertz CT molecular complexity index is 772. The van der Waals surface area contributed by atoms with Crippen LogP contribution in [0.3, 0.4) is 0 Å². The number of aromatic nitrogens is 2. The lowest BCUT2D eigenvalue weighted by Crippen LogP contribution is -2.36. The molecular formula is C24H32BrN3O. The van der Waals surface area contributed by atoms with E-state index in [1.807, 2.05) is 12.4 Å². The van der Waals surface area contributed by atoms with Crippen LogP contribution in [0.15, 0.2) is 41.1 Å². The zero-order chi connectivity index (χ0) is 20.2. The van der Waals surface area contributed by atoms with E-state index in [9.17, 15) is 0 Å². The second-order valence-electron chi connectivity index (χ2n) is 8.52. The molecule has 156 valence electrons. The first kappa shape index (κ1) is 20.8. The van der Waals surface area contributed by atoms with Crippen molar-refractivity contribution >= 4 is 21.9 Å². The van der Waals surface area contributed by atoms with Crippen molar-refractivity contribution in [2.24, 2.45) is 17.8 Å². The highest BCUT2D eigenvalue weighted by atomic mass is 79.9. The SMILES string of the molecule is CCc1cnc(N2CCC([C@H]3C[C@H]3[C@H](CC)OCc3ccc(Br)cc3)CC2)nc1. The van der Waals surface area contributed by atoms with E-state index < -0.39 is 0 Å². The number of nitrogens with zero attached hydrogens (tertiary/aromatic N) is 3. The van der Waals surface area contributed by atoms with Crippen LogP contribution >= 0.6 is 15.9 Å². The predicted molar refractivity (Wildman–Crippen MR) is 121 cm³/mol. The van der Waals surface area contributed by atoms with E-state index in [4.69, 9.17) is 4.74 Å². The van der Waals surface area contributed by atoms with Gasteiger partial charge in [-0.15, -0.1) is 0 Å². The molecule has 0 spiro atoms. The summed E-state index contributed by atoms with van der Waals surface area (Å²) in [7, 11) is 0. The summed E-state index contributed by atoms with van der Waals surface area (Å²) in [5.74, 6) is 3.32. The maximum atomic E-state index is 6.33. The van der Waals surface area contributed by atoms with Gasteiger partial charge in [0.2, 0.25) is 5.95 Å². The average molecular weight is 458 g/mol. The Labute approximate surface area is 183 Å². The van der Waals surface area contributed by atoms with E-state index in [1.165, 1.54) is 30.4 Å². The molecule has 2 aliphatic rings. The molecule has 29 heavy (non-hydrogen) atoms. The van der Waals surface area contributed by atoms with E-state index in [0.29, 0.717) is 6.10 Å². The predicted octanol–water partition coefficient (Wildman–Crippen LogP) is 5.65. The van der Waals surface area contributed by atoms with Crippen LogP contribution in [0.5, 0.6) is 0 Å². The molecule has 4 nitrogen and oxygen atoms in total. The molecule has 1 aromatic carbocycles. The maximum absolute atomic E-state index is 6.33. The molecule has 2 aromatic rings. The molecule has 0 amide bonds. The van der Waals surface area contributed by atoms with Gasteiger partial charge < -0.3 is 9.64 Å². The quantitative estimate of drug-likeness (QED) is 0.513.